The van der Waals surface area contributed by atoms with Crippen molar-refractivity contribution in [1.82, 2.24) is 15.0 Å². The van der Waals surface area contributed by atoms with Crippen molar-refractivity contribution >= 4 is 17.3 Å². The van der Waals surface area contributed by atoms with Gasteiger partial charge in [-0.1, -0.05) is 11.6 Å². The van der Waals surface area contributed by atoms with Gasteiger partial charge < -0.3 is 24.7 Å². The standard InChI is InChI=1S/C22H21ClN4O6/c1-31-16-9-8-13(18(32-2)19(16)33-3)14-10-15(26-25-14)17-20(28)24-22(30)27(21(17)29)12-6-4-11(23)5-7-12/h4-9,14,25,29H,10H2,1-3H3,(H,24,28,30). The number of rotatable bonds is 6. The highest BCUT2D eigenvalue weighted by Gasteiger charge is 2.30. The van der Waals surface area contributed by atoms with Crippen molar-refractivity contribution in [2.24, 2.45) is 5.10 Å². The van der Waals surface area contributed by atoms with Crippen molar-refractivity contribution in [3.8, 4) is 28.8 Å². The molecule has 3 N–H and O–H groups in total. The quantitative estimate of drug-likeness (QED) is 0.502. The molecule has 10 nitrogen and oxygen atoms in total. The number of hydrogen-bond acceptors (Lipinski definition) is 8. The van der Waals surface area contributed by atoms with Crippen LogP contribution < -0.4 is 30.9 Å². The van der Waals surface area contributed by atoms with Gasteiger partial charge in [0.05, 0.1) is 38.8 Å². The molecule has 3 aromatic rings. The van der Waals surface area contributed by atoms with E-state index in [0.29, 0.717) is 28.0 Å². The summed E-state index contributed by atoms with van der Waals surface area (Å²) in [6, 6.07) is 9.40. The Kier molecular flexibility index (Phi) is 6.01. The van der Waals surface area contributed by atoms with E-state index in [2.05, 4.69) is 15.5 Å². The number of benzene rings is 2. The van der Waals surface area contributed by atoms with Gasteiger partial charge in [-0.05, 0) is 36.4 Å². The van der Waals surface area contributed by atoms with E-state index < -0.39 is 17.1 Å². The molecule has 0 saturated heterocycles. The number of ether oxygens (including phenoxy) is 3. The van der Waals surface area contributed by atoms with Crippen LogP contribution in [0.25, 0.3) is 5.69 Å². The second-order valence-electron chi connectivity index (χ2n) is 7.14. The number of nitrogens with one attached hydrogen (secondary N) is 2. The third-order valence-corrected chi connectivity index (χ3v) is 5.57. The number of nitrogens with zero attached hydrogens (tertiary/aromatic N) is 2. The Morgan fingerprint density at radius 2 is 1.73 bits per heavy atom. The molecule has 1 aliphatic heterocycles. The molecule has 172 valence electrons. The van der Waals surface area contributed by atoms with Gasteiger partial charge in [-0.3, -0.25) is 9.78 Å². The molecule has 1 atom stereocenters. The number of H-pyrrole nitrogens is 1. The minimum atomic E-state index is -0.784. The summed E-state index contributed by atoms with van der Waals surface area (Å²) in [5.41, 5.74) is 2.65. The normalized spacial score (nSPS) is 15.0. The maximum atomic E-state index is 12.6. The molecule has 0 amide bonds. The van der Waals surface area contributed by atoms with Crippen molar-refractivity contribution in [2.75, 3.05) is 21.3 Å². The van der Waals surface area contributed by atoms with Gasteiger partial charge in [-0.15, -0.1) is 0 Å². The first-order chi connectivity index (χ1) is 15.9. The molecule has 1 aliphatic rings. The van der Waals surface area contributed by atoms with Gasteiger partial charge in [0.25, 0.3) is 5.56 Å². The fraction of sp³-hybridized carbons (Fsp3) is 0.227. The Labute approximate surface area is 193 Å². The zero-order valence-electron chi connectivity index (χ0n) is 18.0. The van der Waals surface area contributed by atoms with Crippen LogP contribution in [0.2, 0.25) is 5.02 Å². The molecule has 2 aromatic carbocycles. The predicted octanol–water partition coefficient (Wildman–Crippen LogP) is 2.35. The monoisotopic (exact) mass is 472 g/mol. The van der Waals surface area contributed by atoms with Crippen LogP contribution >= 0.6 is 11.6 Å². The summed E-state index contributed by atoms with van der Waals surface area (Å²) in [6.07, 6.45) is 0.237. The first-order valence-corrected chi connectivity index (χ1v) is 10.2. The van der Waals surface area contributed by atoms with E-state index >= 15 is 0 Å². The van der Waals surface area contributed by atoms with Gasteiger partial charge in [0.2, 0.25) is 11.6 Å². The van der Waals surface area contributed by atoms with Gasteiger partial charge in [0.15, 0.2) is 11.5 Å². The molecule has 0 spiro atoms. The second kappa shape index (κ2) is 8.91. The van der Waals surface area contributed by atoms with Crippen LogP contribution in [0.5, 0.6) is 23.1 Å². The first-order valence-electron chi connectivity index (χ1n) is 9.85. The summed E-state index contributed by atoms with van der Waals surface area (Å²) in [6.45, 7) is 0. The van der Waals surface area contributed by atoms with E-state index in [1.54, 1.807) is 36.4 Å². The molecule has 1 unspecified atom stereocenters. The summed E-state index contributed by atoms with van der Waals surface area (Å²) >= 11 is 5.92. The number of aromatic hydroxyl groups is 1. The van der Waals surface area contributed by atoms with Crippen LogP contribution in [0.3, 0.4) is 0 Å². The van der Waals surface area contributed by atoms with Gasteiger partial charge in [-0.2, -0.15) is 5.10 Å². The number of aromatic amines is 1. The summed E-state index contributed by atoms with van der Waals surface area (Å²) in [5, 5.41) is 15.6. The summed E-state index contributed by atoms with van der Waals surface area (Å²) in [4.78, 5) is 27.3. The second-order valence-corrected chi connectivity index (χ2v) is 7.57. The van der Waals surface area contributed by atoms with Crippen LogP contribution in [0, 0.1) is 0 Å². The molecule has 0 saturated carbocycles. The molecule has 33 heavy (non-hydrogen) atoms. The maximum Gasteiger partial charge on any atom is 0.335 e. The number of hydrazone groups is 1. The van der Waals surface area contributed by atoms with E-state index in [1.807, 2.05) is 0 Å². The zero-order chi connectivity index (χ0) is 23.7. The fourth-order valence-electron chi connectivity index (χ4n) is 3.79. The van der Waals surface area contributed by atoms with Crippen molar-refractivity contribution in [3.63, 3.8) is 0 Å². The highest BCUT2D eigenvalue weighted by molar-refractivity contribution is 6.30. The molecular weight excluding hydrogens is 452 g/mol. The van der Waals surface area contributed by atoms with Gasteiger partial charge in [-0.25, -0.2) is 9.36 Å². The third kappa shape index (κ3) is 3.89. The first kappa shape index (κ1) is 22.3. The van der Waals surface area contributed by atoms with Gasteiger partial charge in [0, 0.05) is 17.0 Å². The van der Waals surface area contributed by atoms with Crippen molar-refractivity contribution in [2.45, 2.75) is 12.5 Å². The van der Waals surface area contributed by atoms with Gasteiger partial charge >= 0.3 is 5.69 Å². The van der Waals surface area contributed by atoms with Crippen molar-refractivity contribution in [3.05, 3.63) is 73.4 Å². The molecule has 2 heterocycles. The lowest BCUT2D eigenvalue weighted by Crippen LogP contribution is -2.33. The number of halogens is 1. The van der Waals surface area contributed by atoms with Crippen LogP contribution in [-0.2, 0) is 0 Å². The molecule has 1 aromatic heterocycles. The van der Waals surface area contributed by atoms with Gasteiger partial charge in [0.1, 0.15) is 5.56 Å². The van der Waals surface area contributed by atoms with Crippen LogP contribution in [0.15, 0.2) is 51.1 Å². The van der Waals surface area contributed by atoms with E-state index in [-0.39, 0.29) is 23.7 Å². The number of hydrogen-bond donors (Lipinski definition) is 3. The highest BCUT2D eigenvalue weighted by atomic mass is 35.5. The number of methoxy groups -OCH3 is 3. The largest absolute Gasteiger partial charge is 0.493 e. The maximum absolute atomic E-state index is 12.6. The molecule has 0 fully saturated rings. The smallest absolute Gasteiger partial charge is 0.335 e. The SMILES string of the molecule is COc1ccc(C2CC(c3c(O)n(-c4ccc(Cl)cc4)c(=O)[nH]c3=O)=NN2)c(OC)c1OC. The lowest BCUT2D eigenvalue weighted by Gasteiger charge is -2.19. The Bertz CT molecular complexity index is 1350. The zero-order valence-corrected chi connectivity index (χ0v) is 18.8. The number of aromatic nitrogens is 2. The van der Waals surface area contributed by atoms with E-state index in [9.17, 15) is 14.7 Å². The minimum absolute atomic E-state index is 0.112. The molecule has 4 rings (SSSR count). The van der Waals surface area contributed by atoms with E-state index in [0.717, 1.165) is 10.1 Å². The predicted molar refractivity (Wildman–Crippen MR) is 122 cm³/mol. The van der Waals surface area contributed by atoms with E-state index in [4.69, 9.17) is 25.8 Å². The summed E-state index contributed by atoms with van der Waals surface area (Å²) in [5.74, 6) is 0.854. The average molecular weight is 473 g/mol. The fourth-order valence-corrected chi connectivity index (χ4v) is 3.92. The third-order valence-electron chi connectivity index (χ3n) is 5.32. The highest BCUT2D eigenvalue weighted by Crippen LogP contribution is 2.43. The summed E-state index contributed by atoms with van der Waals surface area (Å²) in [7, 11) is 4.54. The van der Waals surface area contributed by atoms with Crippen molar-refractivity contribution < 1.29 is 19.3 Å². The molecular formula is C22H21ClN4O6. The van der Waals surface area contributed by atoms with Crippen LogP contribution in [0.1, 0.15) is 23.6 Å². The summed E-state index contributed by atoms with van der Waals surface area (Å²) < 4.78 is 17.3. The minimum Gasteiger partial charge on any atom is -0.493 e. The van der Waals surface area contributed by atoms with Crippen LogP contribution in [-0.4, -0.2) is 41.7 Å². The Morgan fingerprint density at radius 1 is 1.03 bits per heavy atom. The molecule has 0 radical (unpaired) electrons. The molecule has 11 heteroatoms. The lowest BCUT2D eigenvalue weighted by atomic mass is 9.98. The topological polar surface area (TPSA) is 127 Å². The van der Waals surface area contributed by atoms with Crippen LogP contribution in [0.4, 0.5) is 0 Å². The molecule has 0 bridgehead atoms. The Balaban J connectivity index is 1.74. The average Bonchev–Trinajstić information content (AvgIpc) is 3.28. The lowest BCUT2D eigenvalue weighted by molar-refractivity contribution is 0.320. The van der Waals surface area contributed by atoms with E-state index in [1.165, 1.54) is 21.3 Å². The Morgan fingerprint density at radius 3 is 2.36 bits per heavy atom. The Hall–Kier alpha value is -3.92. The van der Waals surface area contributed by atoms with Crippen molar-refractivity contribution in [1.29, 1.82) is 0 Å². The molecule has 0 aliphatic carbocycles.